The summed E-state index contributed by atoms with van der Waals surface area (Å²) in [5.41, 5.74) is 11.8. The molecule has 100 valence electrons. The number of primary amides is 2. The molecule has 1 aromatic rings. The Balaban J connectivity index is 3.41. The first-order valence-corrected chi connectivity index (χ1v) is 6.38. The highest BCUT2D eigenvalue weighted by molar-refractivity contribution is 6.16. The highest BCUT2D eigenvalue weighted by Gasteiger charge is 2.25. The Morgan fingerprint density at radius 2 is 1.58 bits per heavy atom. The van der Waals surface area contributed by atoms with Gasteiger partial charge in [-0.2, -0.15) is 0 Å². The Labute approximate surface area is 115 Å². The molecule has 1 atom stereocenters. The quantitative estimate of drug-likeness (QED) is 0.757. The van der Waals surface area contributed by atoms with Crippen molar-refractivity contribution < 1.29 is 9.59 Å². The minimum atomic E-state index is -0.598. The molecule has 4 nitrogen and oxygen atoms in total. The highest BCUT2D eigenvalue weighted by atomic mass is 16.1. The molecule has 1 unspecified atom stereocenters. The summed E-state index contributed by atoms with van der Waals surface area (Å²) in [6, 6.07) is 4.69. The Hall–Kier alpha value is -1.78. The van der Waals surface area contributed by atoms with Crippen LogP contribution in [0.4, 0.5) is 0 Å². The lowest BCUT2D eigenvalue weighted by Gasteiger charge is -2.30. The molecule has 0 aliphatic heterocycles. The first kappa shape index (κ1) is 15.3. The van der Waals surface area contributed by atoms with E-state index in [0.717, 1.165) is 18.4 Å². The van der Waals surface area contributed by atoms with Crippen LogP contribution < -0.4 is 11.5 Å². The fraction of sp³-hybridized carbons (Fsp3) is 0.429. The monoisotopic (exact) mass is 258 g/mol. The number of carbonyl (C=O) groups is 2. The van der Waals surface area contributed by atoms with Crippen molar-refractivity contribution in [3.63, 3.8) is 0 Å². The van der Waals surface area contributed by atoms with Crippen molar-refractivity contribution in [1.29, 1.82) is 0 Å². The smallest absolute Gasteiger partial charge is 0.248 e. The maximum Gasteiger partial charge on any atom is 0.248 e. The van der Waals surface area contributed by atoms with E-state index in [1.165, 1.54) is 6.07 Å². The summed E-state index contributed by atoms with van der Waals surface area (Å²) in [5.74, 6) is -1.20. The van der Waals surface area contributed by atoms with E-state index in [1.807, 2.05) is 13.8 Å². The van der Waals surface area contributed by atoms with Gasteiger partial charge in [-0.1, -0.05) is 33.1 Å². The van der Waals surface area contributed by atoms with Gasteiger partial charge in [0.25, 0.3) is 0 Å². The molecular formula is C14H19BN2O2. The standard InChI is InChI=1S/C14H19BN2O2/c1-3-5-14(15,4-2)11-7-9(12(16)18)6-10(8-11)13(17)19/h6-8H,3-5H2,1-2H3,(H2,16,18)(H2,17,19). The largest absolute Gasteiger partial charge is 0.366 e. The third-order valence-corrected chi connectivity index (χ3v) is 3.40. The molecule has 19 heavy (non-hydrogen) atoms. The molecule has 0 fully saturated rings. The van der Waals surface area contributed by atoms with E-state index >= 15 is 0 Å². The van der Waals surface area contributed by atoms with Crippen LogP contribution in [0.15, 0.2) is 18.2 Å². The van der Waals surface area contributed by atoms with E-state index in [0.29, 0.717) is 6.42 Å². The van der Waals surface area contributed by atoms with Crippen LogP contribution in [0.2, 0.25) is 0 Å². The number of rotatable bonds is 6. The summed E-state index contributed by atoms with van der Waals surface area (Å²) in [6.07, 6.45) is 2.35. The van der Waals surface area contributed by atoms with Crippen molar-refractivity contribution in [2.24, 2.45) is 11.5 Å². The van der Waals surface area contributed by atoms with Gasteiger partial charge in [0.2, 0.25) is 11.8 Å². The molecule has 1 rings (SSSR count). The van der Waals surface area contributed by atoms with Crippen molar-refractivity contribution >= 4 is 19.7 Å². The van der Waals surface area contributed by atoms with Crippen LogP contribution in [0.5, 0.6) is 0 Å². The summed E-state index contributed by atoms with van der Waals surface area (Å²) in [5, 5.41) is -0.579. The Bertz CT molecular complexity index is 470. The third-order valence-electron chi connectivity index (χ3n) is 3.40. The summed E-state index contributed by atoms with van der Waals surface area (Å²) in [6.45, 7) is 4.00. The van der Waals surface area contributed by atoms with Gasteiger partial charge in [0.1, 0.15) is 0 Å². The number of nitrogens with two attached hydrogens (primary N) is 2. The normalized spacial score (nSPS) is 13.8. The van der Waals surface area contributed by atoms with Gasteiger partial charge < -0.3 is 11.5 Å². The van der Waals surface area contributed by atoms with Gasteiger partial charge in [-0.25, -0.2) is 0 Å². The van der Waals surface area contributed by atoms with Crippen molar-refractivity contribution in [3.05, 3.63) is 34.9 Å². The molecule has 0 heterocycles. The Kier molecular flexibility index (Phi) is 4.75. The lowest BCUT2D eigenvalue weighted by Crippen LogP contribution is -2.27. The molecule has 0 saturated carbocycles. The van der Waals surface area contributed by atoms with Crippen LogP contribution in [0.25, 0.3) is 0 Å². The highest BCUT2D eigenvalue weighted by Crippen LogP contribution is 2.31. The minimum absolute atomic E-state index is 0.255. The van der Waals surface area contributed by atoms with E-state index in [9.17, 15) is 9.59 Å². The van der Waals surface area contributed by atoms with Gasteiger partial charge in [0.05, 0.1) is 7.85 Å². The fourth-order valence-electron chi connectivity index (χ4n) is 2.17. The molecule has 5 heteroatoms. The zero-order valence-corrected chi connectivity index (χ0v) is 11.4. The van der Waals surface area contributed by atoms with E-state index in [1.54, 1.807) is 12.1 Å². The molecule has 0 spiro atoms. The molecule has 0 saturated heterocycles. The van der Waals surface area contributed by atoms with Crippen LogP contribution in [-0.2, 0) is 5.31 Å². The van der Waals surface area contributed by atoms with Crippen LogP contribution >= 0.6 is 0 Å². The topological polar surface area (TPSA) is 86.2 Å². The summed E-state index contributed by atoms with van der Waals surface area (Å²) >= 11 is 0. The van der Waals surface area contributed by atoms with Gasteiger partial charge in [-0.05, 0) is 29.1 Å². The molecular weight excluding hydrogens is 239 g/mol. The van der Waals surface area contributed by atoms with Crippen molar-refractivity contribution in [2.45, 2.75) is 38.4 Å². The number of hydrogen-bond acceptors (Lipinski definition) is 2. The number of benzene rings is 1. The first-order valence-electron chi connectivity index (χ1n) is 6.38. The van der Waals surface area contributed by atoms with Gasteiger partial charge >= 0.3 is 0 Å². The first-order chi connectivity index (χ1) is 8.84. The van der Waals surface area contributed by atoms with Gasteiger partial charge in [-0.3, -0.25) is 9.59 Å². The van der Waals surface area contributed by atoms with E-state index in [-0.39, 0.29) is 11.1 Å². The third kappa shape index (κ3) is 3.37. The predicted molar refractivity (Wildman–Crippen MR) is 76.1 cm³/mol. The second-order valence-electron chi connectivity index (χ2n) is 4.79. The summed E-state index contributed by atoms with van der Waals surface area (Å²) in [4.78, 5) is 22.7. The van der Waals surface area contributed by atoms with Crippen molar-refractivity contribution in [2.75, 3.05) is 0 Å². The van der Waals surface area contributed by atoms with Gasteiger partial charge in [-0.15, -0.1) is 0 Å². The fourth-order valence-corrected chi connectivity index (χ4v) is 2.17. The Morgan fingerprint density at radius 1 is 1.11 bits per heavy atom. The zero-order valence-electron chi connectivity index (χ0n) is 11.4. The predicted octanol–water partition coefficient (Wildman–Crippen LogP) is 1.46. The molecule has 4 N–H and O–H groups in total. The molecule has 1 aromatic carbocycles. The van der Waals surface area contributed by atoms with Crippen molar-refractivity contribution in [1.82, 2.24) is 0 Å². The maximum atomic E-state index is 11.3. The molecule has 0 aliphatic rings. The number of carbonyl (C=O) groups excluding carboxylic acids is 2. The van der Waals surface area contributed by atoms with Crippen LogP contribution in [0, 0.1) is 0 Å². The van der Waals surface area contributed by atoms with Crippen LogP contribution in [0.3, 0.4) is 0 Å². The average molecular weight is 258 g/mol. The molecule has 2 amide bonds. The lowest BCUT2D eigenvalue weighted by molar-refractivity contribution is 0.0999. The maximum absolute atomic E-state index is 11.3. The van der Waals surface area contributed by atoms with E-state index in [2.05, 4.69) is 0 Å². The van der Waals surface area contributed by atoms with Gasteiger partial charge in [0.15, 0.2) is 0 Å². The van der Waals surface area contributed by atoms with Gasteiger partial charge in [0, 0.05) is 11.1 Å². The van der Waals surface area contributed by atoms with Crippen LogP contribution in [0.1, 0.15) is 59.4 Å². The molecule has 0 aromatic heterocycles. The Morgan fingerprint density at radius 3 is 1.89 bits per heavy atom. The number of amides is 2. The second-order valence-corrected chi connectivity index (χ2v) is 4.79. The molecule has 0 aliphatic carbocycles. The van der Waals surface area contributed by atoms with Crippen LogP contribution in [-0.4, -0.2) is 19.7 Å². The minimum Gasteiger partial charge on any atom is -0.366 e. The van der Waals surface area contributed by atoms with E-state index < -0.39 is 17.1 Å². The number of hydrogen-bond donors (Lipinski definition) is 2. The van der Waals surface area contributed by atoms with Crippen molar-refractivity contribution in [3.8, 4) is 0 Å². The summed E-state index contributed by atoms with van der Waals surface area (Å²) < 4.78 is 0. The lowest BCUT2D eigenvalue weighted by atomic mass is 9.59. The molecule has 0 bridgehead atoms. The average Bonchev–Trinajstić information content (AvgIpc) is 2.38. The van der Waals surface area contributed by atoms with E-state index in [4.69, 9.17) is 19.3 Å². The summed E-state index contributed by atoms with van der Waals surface area (Å²) in [7, 11) is 6.36. The molecule has 2 radical (unpaired) electrons. The zero-order chi connectivity index (χ0) is 14.6. The second kappa shape index (κ2) is 5.91. The SMILES string of the molecule is [B]C(CC)(CCC)c1cc(C(N)=O)cc(C(N)=O)c1.